The van der Waals surface area contributed by atoms with Crippen LogP contribution in [0, 0.1) is 5.92 Å². The molecule has 1 aliphatic rings. The Morgan fingerprint density at radius 3 is 3.05 bits per heavy atom. The molecular formula is C13H14N2O3S. The van der Waals surface area contributed by atoms with Crippen LogP contribution in [0.4, 0.5) is 0 Å². The summed E-state index contributed by atoms with van der Waals surface area (Å²) in [5.41, 5.74) is 0.372. The molecule has 0 radical (unpaired) electrons. The third kappa shape index (κ3) is 2.53. The second-order valence-electron chi connectivity index (χ2n) is 4.73. The molecule has 1 saturated carbocycles. The van der Waals surface area contributed by atoms with Gasteiger partial charge in [-0.2, -0.15) is 0 Å². The first-order chi connectivity index (χ1) is 9.24. The van der Waals surface area contributed by atoms with E-state index in [2.05, 4.69) is 4.98 Å². The summed E-state index contributed by atoms with van der Waals surface area (Å²) in [6.45, 7) is 0.0823. The van der Waals surface area contributed by atoms with Crippen LogP contribution >= 0.6 is 11.3 Å². The Morgan fingerprint density at radius 1 is 1.47 bits per heavy atom. The molecule has 100 valence electrons. The molecule has 0 aromatic carbocycles. The van der Waals surface area contributed by atoms with Crippen molar-refractivity contribution in [2.45, 2.75) is 32.3 Å². The van der Waals surface area contributed by atoms with Crippen molar-refractivity contribution < 1.29 is 9.53 Å². The Bertz CT molecular complexity index is 655. The fourth-order valence-corrected chi connectivity index (χ4v) is 3.12. The first kappa shape index (κ1) is 12.3. The fourth-order valence-electron chi connectivity index (χ4n) is 2.39. The summed E-state index contributed by atoms with van der Waals surface area (Å²) in [6.07, 6.45) is 5.71. The molecule has 19 heavy (non-hydrogen) atoms. The summed E-state index contributed by atoms with van der Waals surface area (Å²) in [5, 5.41) is 1.80. The van der Waals surface area contributed by atoms with Gasteiger partial charge in [0, 0.05) is 17.6 Å². The minimum absolute atomic E-state index is 0.0339. The van der Waals surface area contributed by atoms with Gasteiger partial charge in [-0.3, -0.25) is 14.0 Å². The minimum atomic E-state index is -0.161. The summed E-state index contributed by atoms with van der Waals surface area (Å²) in [6, 6.07) is 1.42. The highest BCUT2D eigenvalue weighted by Gasteiger charge is 2.24. The van der Waals surface area contributed by atoms with Gasteiger partial charge in [0.1, 0.15) is 6.61 Å². The number of hydrogen-bond donors (Lipinski definition) is 0. The number of aromatic nitrogens is 2. The number of rotatable bonds is 3. The Kier molecular flexibility index (Phi) is 3.33. The Hall–Kier alpha value is -1.69. The maximum absolute atomic E-state index is 11.8. The summed E-state index contributed by atoms with van der Waals surface area (Å²) < 4.78 is 6.73. The highest BCUT2D eigenvalue weighted by molar-refractivity contribution is 7.15. The molecule has 0 bridgehead atoms. The average Bonchev–Trinajstić information content (AvgIpc) is 3.06. The van der Waals surface area contributed by atoms with Gasteiger partial charge in [-0.05, 0) is 12.8 Å². The van der Waals surface area contributed by atoms with E-state index in [1.807, 2.05) is 0 Å². The van der Waals surface area contributed by atoms with Gasteiger partial charge in [0.15, 0.2) is 4.96 Å². The van der Waals surface area contributed by atoms with Crippen molar-refractivity contribution >= 4 is 22.3 Å². The van der Waals surface area contributed by atoms with Crippen molar-refractivity contribution in [3.63, 3.8) is 0 Å². The summed E-state index contributed by atoms with van der Waals surface area (Å²) >= 11 is 1.39. The van der Waals surface area contributed by atoms with Gasteiger partial charge in [0.05, 0.1) is 11.6 Å². The largest absolute Gasteiger partial charge is 0.459 e. The quantitative estimate of drug-likeness (QED) is 0.806. The molecule has 0 atom stereocenters. The molecule has 0 saturated heterocycles. The second-order valence-corrected chi connectivity index (χ2v) is 5.60. The van der Waals surface area contributed by atoms with E-state index >= 15 is 0 Å². The Balaban J connectivity index is 1.71. The van der Waals surface area contributed by atoms with Gasteiger partial charge in [-0.15, -0.1) is 11.3 Å². The Morgan fingerprint density at radius 2 is 2.26 bits per heavy atom. The zero-order valence-electron chi connectivity index (χ0n) is 10.4. The van der Waals surface area contributed by atoms with Crippen molar-refractivity contribution in [1.29, 1.82) is 0 Å². The van der Waals surface area contributed by atoms with Crippen LogP contribution in [0.25, 0.3) is 4.96 Å². The molecule has 5 nitrogen and oxygen atoms in total. The topological polar surface area (TPSA) is 60.7 Å². The number of ether oxygens (including phenoxy) is 1. The lowest BCUT2D eigenvalue weighted by Gasteiger charge is -2.08. The number of esters is 1. The molecule has 1 aliphatic carbocycles. The van der Waals surface area contributed by atoms with Crippen LogP contribution in [0.15, 0.2) is 22.4 Å². The smallest absolute Gasteiger partial charge is 0.309 e. The third-order valence-corrected chi connectivity index (χ3v) is 4.16. The van der Waals surface area contributed by atoms with Gasteiger partial charge < -0.3 is 4.74 Å². The molecule has 3 rings (SSSR count). The molecule has 6 heteroatoms. The molecule has 0 unspecified atom stereocenters. The predicted molar refractivity (Wildman–Crippen MR) is 71.1 cm³/mol. The van der Waals surface area contributed by atoms with Crippen LogP contribution in [-0.2, 0) is 16.1 Å². The van der Waals surface area contributed by atoms with Crippen LogP contribution in [0.1, 0.15) is 31.4 Å². The predicted octanol–water partition coefficient (Wildman–Crippen LogP) is 1.99. The second kappa shape index (κ2) is 5.13. The van der Waals surface area contributed by atoms with E-state index in [4.69, 9.17) is 4.74 Å². The molecule has 0 amide bonds. The van der Waals surface area contributed by atoms with E-state index in [1.54, 1.807) is 11.6 Å². The van der Waals surface area contributed by atoms with Crippen molar-refractivity contribution in [2.75, 3.05) is 0 Å². The van der Waals surface area contributed by atoms with Crippen LogP contribution < -0.4 is 5.56 Å². The summed E-state index contributed by atoms with van der Waals surface area (Å²) in [5.74, 6) is -0.128. The maximum Gasteiger partial charge on any atom is 0.309 e. The van der Waals surface area contributed by atoms with E-state index < -0.39 is 0 Å². The molecule has 0 aliphatic heterocycles. The van der Waals surface area contributed by atoms with E-state index in [9.17, 15) is 9.59 Å². The van der Waals surface area contributed by atoms with Gasteiger partial charge in [0.25, 0.3) is 5.56 Å². The number of hydrogen-bond acceptors (Lipinski definition) is 5. The zero-order valence-corrected chi connectivity index (χ0v) is 11.2. The average molecular weight is 278 g/mol. The molecule has 2 heterocycles. The number of fused-ring (bicyclic) bond motifs is 1. The lowest BCUT2D eigenvalue weighted by atomic mass is 10.1. The molecule has 0 N–H and O–H groups in total. The number of carbonyl (C=O) groups excluding carboxylic acids is 1. The summed E-state index contributed by atoms with van der Waals surface area (Å²) in [4.78, 5) is 28.5. The van der Waals surface area contributed by atoms with Gasteiger partial charge in [-0.1, -0.05) is 12.8 Å². The van der Waals surface area contributed by atoms with Gasteiger partial charge in [0.2, 0.25) is 0 Å². The fraction of sp³-hybridized carbons (Fsp3) is 0.462. The first-order valence-corrected chi connectivity index (χ1v) is 7.24. The molecule has 0 spiro atoms. The van der Waals surface area contributed by atoms with Gasteiger partial charge in [-0.25, -0.2) is 4.98 Å². The number of carbonyl (C=O) groups is 1. The van der Waals surface area contributed by atoms with E-state index in [0.717, 1.165) is 25.7 Å². The SMILES string of the molecule is O=C(OCc1cc(=O)n2ccsc2n1)C1CCCC1. The van der Waals surface area contributed by atoms with Crippen molar-refractivity contribution in [1.82, 2.24) is 9.38 Å². The normalized spacial score (nSPS) is 16.0. The first-order valence-electron chi connectivity index (χ1n) is 6.36. The highest BCUT2D eigenvalue weighted by atomic mass is 32.1. The molecule has 2 aromatic rings. The van der Waals surface area contributed by atoms with E-state index in [0.29, 0.717) is 10.7 Å². The van der Waals surface area contributed by atoms with Gasteiger partial charge >= 0.3 is 5.97 Å². The monoisotopic (exact) mass is 278 g/mol. The van der Waals surface area contributed by atoms with Crippen molar-refractivity contribution in [2.24, 2.45) is 5.92 Å². The maximum atomic E-state index is 11.8. The lowest BCUT2D eigenvalue weighted by Crippen LogP contribution is -2.17. The highest BCUT2D eigenvalue weighted by Crippen LogP contribution is 2.25. The lowest BCUT2D eigenvalue weighted by molar-refractivity contribution is -0.149. The molecular weight excluding hydrogens is 264 g/mol. The van der Waals surface area contributed by atoms with Crippen molar-refractivity contribution in [3.8, 4) is 0 Å². The van der Waals surface area contributed by atoms with Crippen LogP contribution in [-0.4, -0.2) is 15.4 Å². The van der Waals surface area contributed by atoms with Crippen LogP contribution in [0.3, 0.4) is 0 Å². The Labute approximate surface area is 113 Å². The van der Waals surface area contributed by atoms with E-state index in [-0.39, 0.29) is 24.1 Å². The minimum Gasteiger partial charge on any atom is -0.459 e. The van der Waals surface area contributed by atoms with Crippen LogP contribution in [0.2, 0.25) is 0 Å². The summed E-state index contributed by atoms with van der Waals surface area (Å²) in [7, 11) is 0. The third-order valence-electron chi connectivity index (χ3n) is 3.41. The zero-order chi connectivity index (χ0) is 13.2. The standard InChI is InChI=1S/C13H14N2O3S/c16-11-7-10(14-13-15(11)5-6-19-13)8-18-12(17)9-3-1-2-4-9/h5-7,9H,1-4,8H2. The molecule has 2 aromatic heterocycles. The van der Waals surface area contributed by atoms with Crippen molar-refractivity contribution in [3.05, 3.63) is 33.7 Å². The van der Waals surface area contributed by atoms with E-state index in [1.165, 1.54) is 21.8 Å². The number of nitrogens with zero attached hydrogens (tertiary/aromatic N) is 2. The number of thiazole rings is 1. The van der Waals surface area contributed by atoms with Crippen LogP contribution in [0.5, 0.6) is 0 Å². The molecule has 1 fully saturated rings.